The summed E-state index contributed by atoms with van der Waals surface area (Å²) in [5.41, 5.74) is -1.59. The van der Waals surface area contributed by atoms with Crippen molar-refractivity contribution in [3.05, 3.63) is 47.0 Å². The number of nitrogens with zero attached hydrogens (tertiary/aromatic N) is 3. The Labute approximate surface area is 109 Å². The van der Waals surface area contributed by atoms with E-state index in [9.17, 15) is 22.4 Å². The van der Waals surface area contributed by atoms with Crippen molar-refractivity contribution in [3.63, 3.8) is 0 Å². The summed E-state index contributed by atoms with van der Waals surface area (Å²) in [6.07, 6.45) is -3.73. The van der Waals surface area contributed by atoms with Gasteiger partial charge in [0.15, 0.2) is 5.69 Å². The molecule has 0 saturated carbocycles. The van der Waals surface area contributed by atoms with Gasteiger partial charge in [-0.25, -0.2) is 13.9 Å². The van der Waals surface area contributed by atoms with E-state index in [1.54, 1.807) is 0 Å². The number of carboxylic acids is 1. The minimum absolute atomic E-state index is 0.126. The molecule has 0 unspecified atom stereocenters. The minimum Gasteiger partial charge on any atom is -0.476 e. The first-order valence-electron chi connectivity index (χ1n) is 5.26. The zero-order valence-electron chi connectivity index (χ0n) is 9.73. The van der Waals surface area contributed by atoms with Gasteiger partial charge in [0, 0.05) is 0 Å². The number of carbonyl (C=O) groups is 1. The van der Waals surface area contributed by atoms with Crippen LogP contribution in [0.1, 0.15) is 21.6 Å². The van der Waals surface area contributed by atoms with E-state index in [-0.39, 0.29) is 17.8 Å². The first-order chi connectivity index (χ1) is 9.27. The molecule has 0 saturated heterocycles. The molecular weight excluding hydrogens is 282 g/mol. The normalized spacial score (nSPS) is 11.6. The highest BCUT2D eigenvalue weighted by Crippen LogP contribution is 2.31. The fourth-order valence-electron chi connectivity index (χ4n) is 1.55. The smallest absolute Gasteiger partial charge is 0.419 e. The van der Waals surface area contributed by atoms with Crippen LogP contribution in [0.4, 0.5) is 17.6 Å². The van der Waals surface area contributed by atoms with E-state index in [2.05, 4.69) is 10.3 Å². The fourth-order valence-corrected chi connectivity index (χ4v) is 1.55. The Bertz CT molecular complexity index is 651. The zero-order valence-corrected chi connectivity index (χ0v) is 9.73. The number of alkyl halides is 3. The van der Waals surface area contributed by atoms with Crippen molar-refractivity contribution in [2.45, 2.75) is 12.7 Å². The van der Waals surface area contributed by atoms with Crippen molar-refractivity contribution >= 4 is 5.97 Å². The molecule has 2 rings (SSSR count). The Hall–Kier alpha value is -2.45. The van der Waals surface area contributed by atoms with Crippen molar-refractivity contribution in [1.29, 1.82) is 0 Å². The molecule has 0 fully saturated rings. The predicted octanol–water partition coefficient (Wildman–Crippen LogP) is 2.18. The molecule has 2 aromatic rings. The Morgan fingerprint density at radius 1 is 1.35 bits per heavy atom. The van der Waals surface area contributed by atoms with Gasteiger partial charge in [0.1, 0.15) is 5.82 Å². The van der Waals surface area contributed by atoms with E-state index in [1.807, 2.05) is 0 Å². The van der Waals surface area contributed by atoms with Crippen molar-refractivity contribution < 1.29 is 27.5 Å². The molecule has 0 aliphatic heterocycles. The summed E-state index contributed by atoms with van der Waals surface area (Å²) in [4.78, 5) is 10.6. The van der Waals surface area contributed by atoms with Crippen LogP contribution in [0.5, 0.6) is 0 Å². The molecule has 0 spiro atoms. The van der Waals surface area contributed by atoms with Gasteiger partial charge in [-0.3, -0.25) is 0 Å². The third-order valence-electron chi connectivity index (χ3n) is 2.44. The molecule has 0 amide bonds. The second-order valence-electron chi connectivity index (χ2n) is 3.92. The molecule has 0 radical (unpaired) electrons. The molecule has 9 heteroatoms. The first-order valence-corrected chi connectivity index (χ1v) is 5.26. The average Bonchev–Trinajstić information content (AvgIpc) is 2.79. The Kier molecular flexibility index (Phi) is 3.43. The summed E-state index contributed by atoms with van der Waals surface area (Å²) < 4.78 is 51.7. The van der Waals surface area contributed by atoms with Gasteiger partial charge in [-0.15, -0.1) is 5.10 Å². The minimum atomic E-state index is -4.80. The number of hydrogen-bond acceptors (Lipinski definition) is 3. The van der Waals surface area contributed by atoms with Crippen LogP contribution in [-0.4, -0.2) is 26.1 Å². The molecule has 0 aliphatic rings. The van der Waals surface area contributed by atoms with Gasteiger partial charge < -0.3 is 5.11 Å². The van der Waals surface area contributed by atoms with E-state index in [0.717, 1.165) is 16.9 Å². The number of aromatic nitrogens is 3. The monoisotopic (exact) mass is 289 g/mol. The number of halogens is 4. The van der Waals surface area contributed by atoms with Crippen LogP contribution in [0.25, 0.3) is 0 Å². The van der Waals surface area contributed by atoms with Crippen molar-refractivity contribution in [2.24, 2.45) is 0 Å². The Morgan fingerprint density at radius 2 is 2.05 bits per heavy atom. The number of aromatic carboxylic acids is 1. The summed E-state index contributed by atoms with van der Waals surface area (Å²) in [7, 11) is 0. The van der Waals surface area contributed by atoms with Crippen LogP contribution in [0, 0.1) is 5.82 Å². The lowest BCUT2D eigenvalue weighted by molar-refractivity contribution is -0.140. The SMILES string of the molecule is O=C(O)c1cn(Cc2ccc(F)c(C(F)(F)F)c2)nn1. The van der Waals surface area contributed by atoms with Gasteiger partial charge >= 0.3 is 12.1 Å². The maximum absolute atomic E-state index is 13.1. The van der Waals surface area contributed by atoms with Gasteiger partial charge in [-0.05, 0) is 17.7 Å². The first kappa shape index (κ1) is 14.0. The lowest BCUT2D eigenvalue weighted by atomic mass is 10.1. The van der Waals surface area contributed by atoms with Gasteiger partial charge in [0.05, 0.1) is 18.3 Å². The molecule has 0 atom stereocenters. The van der Waals surface area contributed by atoms with Crippen LogP contribution in [0.15, 0.2) is 24.4 Å². The fraction of sp³-hybridized carbons (Fsp3) is 0.182. The molecule has 1 heterocycles. The second-order valence-corrected chi connectivity index (χ2v) is 3.92. The zero-order chi connectivity index (χ0) is 14.9. The van der Waals surface area contributed by atoms with Crippen LogP contribution in [0.2, 0.25) is 0 Å². The Balaban J connectivity index is 2.27. The number of rotatable bonds is 3. The van der Waals surface area contributed by atoms with Crippen molar-refractivity contribution in [1.82, 2.24) is 15.0 Å². The molecular formula is C11H7F4N3O2. The molecule has 5 nitrogen and oxygen atoms in total. The standard InChI is InChI=1S/C11H7F4N3O2/c12-8-2-1-6(3-7(8)11(13,14)15)4-18-5-9(10(19)20)16-17-18/h1-3,5H,4H2,(H,19,20). The Morgan fingerprint density at radius 3 is 2.60 bits per heavy atom. The van der Waals surface area contributed by atoms with Gasteiger partial charge in [0.2, 0.25) is 0 Å². The van der Waals surface area contributed by atoms with Gasteiger partial charge in [-0.2, -0.15) is 13.2 Å². The topological polar surface area (TPSA) is 68.0 Å². The van der Waals surface area contributed by atoms with E-state index in [1.165, 1.54) is 0 Å². The molecule has 1 aromatic carbocycles. The van der Waals surface area contributed by atoms with Crippen LogP contribution in [0.3, 0.4) is 0 Å². The van der Waals surface area contributed by atoms with E-state index < -0.39 is 23.5 Å². The summed E-state index contributed by atoms with van der Waals surface area (Å²) >= 11 is 0. The average molecular weight is 289 g/mol. The molecule has 1 N–H and O–H groups in total. The molecule has 0 aliphatic carbocycles. The lowest BCUT2D eigenvalue weighted by Gasteiger charge is -2.09. The molecule has 0 bridgehead atoms. The largest absolute Gasteiger partial charge is 0.476 e. The summed E-state index contributed by atoms with van der Waals surface area (Å²) in [5, 5.41) is 15.4. The van der Waals surface area contributed by atoms with Gasteiger partial charge in [0.25, 0.3) is 0 Å². The number of benzene rings is 1. The van der Waals surface area contributed by atoms with Gasteiger partial charge in [-0.1, -0.05) is 11.3 Å². The maximum atomic E-state index is 13.1. The summed E-state index contributed by atoms with van der Waals surface area (Å²) in [5.74, 6) is -2.67. The van der Waals surface area contributed by atoms with Crippen LogP contribution >= 0.6 is 0 Å². The van der Waals surface area contributed by atoms with Crippen LogP contribution < -0.4 is 0 Å². The highest BCUT2D eigenvalue weighted by molar-refractivity contribution is 5.84. The lowest BCUT2D eigenvalue weighted by Crippen LogP contribution is -2.10. The summed E-state index contributed by atoms with van der Waals surface area (Å²) in [6.45, 7) is -0.149. The third-order valence-corrected chi connectivity index (χ3v) is 2.44. The van der Waals surface area contributed by atoms with Crippen LogP contribution in [-0.2, 0) is 12.7 Å². The van der Waals surface area contributed by atoms with E-state index in [0.29, 0.717) is 12.1 Å². The number of hydrogen-bond donors (Lipinski definition) is 1. The quantitative estimate of drug-likeness (QED) is 0.879. The van der Waals surface area contributed by atoms with Crippen molar-refractivity contribution in [2.75, 3.05) is 0 Å². The van der Waals surface area contributed by atoms with E-state index >= 15 is 0 Å². The maximum Gasteiger partial charge on any atom is 0.419 e. The molecule has 1 aromatic heterocycles. The third kappa shape index (κ3) is 2.92. The highest BCUT2D eigenvalue weighted by Gasteiger charge is 2.34. The second kappa shape index (κ2) is 4.91. The summed E-state index contributed by atoms with van der Waals surface area (Å²) in [6, 6.07) is 2.51. The van der Waals surface area contributed by atoms with Crippen molar-refractivity contribution in [3.8, 4) is 0 Å². The predicted molar refractivity (Wildman–Crippen MR) is 57.5 cm³/mol. The highest BCUT2D eigenvalue weighted by atomic mass is 19.4. The van der Waals surface area contributed by atoms with E-state index in [4.69, 9.17) is 5.11 Å². The number of carboxylic acid groups (broad SMARTS) is 1. The molecule has 20 heavy (non-hydrogen) atoms. The molecule has 106 valence electrons.